The number of nitrogens with two attached hydrogens (primary N) is 3. The lowest BCUT2D eigenvalue weighted by Gasteiger charge is -2.38. The average molecular weight is 882 g/mol. The standard InChI is InChI=1S/C47H55N13O5/c1-27(47(2,3)4)64-42-24-36(54-57-46(42)50)33-21-30(11-13-40(33)62)65-41-20-28(10-12-32(41)35-23-38(45(49)56-53-35)60-19-16-51-43(63)26-60)25-58(5)29-14-17-59(18-15-29)37-22-34(52-55-44(37)48)31-8-6-7-9-39(31)61/h6-13,20-24,27,29,61-62H,14-19,25-26H2,1-5H3,(H2,48,55)(H2,49,56)(H2,50,57)(H,51,63). The van der Waals surface area contributed by atoms with Gasteiger partial charge < -0.3 is 52.0 Å². The number of para-hydroxylation sites is 1. The third-order valence-corrected chi connectivity index (χ3v) is 12.1. The van der Waals surface area contributed by atoms with E-state index in [4.69, 9.17) is 26.7 Å². The second-order valence-corrected chi connectivity index (χ2v) is 17.6. The highest BCUT2D eigenvalue weighted by Crippen LogP contribution is 2.40. The first-order valence-electron chi connectivity index (χ1n) is 21.6. The fourth-order valence-electron chi connectivity index (χ4n) is 7.90. The number of rotatable bonds is 12. The number of hydrogen-bond donors (Lipinski definition) is 6. The van der Waals surface area contributed by atoms with E-state index in [0.29, 0.717) is 82.2 Å². The number of carbonyl (C=O) groups excluding carboxylic acids is 1. The molecular formula is C47H55N13O5. The van der Waals surface area contributed by atoms with E-state index in [0.717, 1.165) is 37.2 Å². The summed E-state index contributed by atoms with van der Waals surface area (Å²) in [4.78, 5) is 18.8. The number of ether oxygens (including phenoxy) is 2. The minimum Gasteiger partial charge on any atom is -0.507 e. The smallest absolute Gasteiger partial charge is 0.239 e. The summed E-state index contributed by atoms with van der Waals surface area (Å²) in [6, 6.07) is 23.5. The highest BCUT2D eigenvalue weighted by Gasteiger charge is 2.27. The molecule has 6 aromatic rings. The van der Waals surface area contributed by atoms with E-state index in [1.807, 2.05) is 48.2 Å². The number of phenolic OH excluding ortho intramolecular Hbond substituents is 2. The number of piperazine rings is 1. The topological polar surface area (TPSA) is 253 Å². The van der Waals surface area contributed by atoms with Crippen LogP contribution >= 0.6 is 0 Å². The molecule has 3 aromatic carbocycles. The van der Waals surface area contributed by atoms with E-state index in [9.17, 15) is 15.0 Å². The summed E-state index contributed by atoms with van der Waals surface area (Å²) < 4.78 is 12.9. The molecule has 5 heterocycles. The predicted molar refractivity (Wildman–Crippen MR) is 251 cm³/mol. The zero-order valence-corrected chi connectivity index (χ0v) is 37.2. The monoisotopic (exact) mass is 881 g/mol. The van der Waals surface area contributed by atoms with Crippen LogP contribution in [0.3, 0.4) is 0 Å². The van der Waals surface area contributed by atoms with Crippen molar-refractivity contribution in [1.29, 1.82) is 0 Å². The molecule has 18 heteroatoms. The SMILES string of the molecule is CC(Oc1cc(-c2cc(Oc3cc(CN(C)C4CCN(c5cc(-c6ccccc6O)nnc5N)CC4)ccc3-c3cc(N4CCNC(=O)C4)c(N)nn3)ccc2O)nnc1N)C(C)(C)C. The van der Waals surface area contributed by atoms with Gasteiger partial charge in [0.15, 0.2) is 23.2 Å². The van der Waals surface area contributed by atoms with Crippen molar-refractivity contribution >= 4 is 34.7 Å². The second-order valence-electron chi connectivity index (χ2n) is 17.6. The number of hydrogen-bond acceptors (Lipinski definition) is 17. The minimum absolute atomic E-state index is 0.0358. The van der Waals surface area contributed by atoms with E-state index in [-0.39, 0.29) is 53.1 Å². The molecule has 0 saturated carbocycles. The summed E-state index contributed by atoms with van der Waals surface area (Å²) in [6.07, 6.45) is 1.55. The van der Waals surface area contributed by atoms with Gasteiger partial charge in [0, 0.05) is 61.5 Å². The van der Waals surface area contributed by atoms with Crippen LogP contribution in [0.15, 0.2) is 78.9 Å². The van der Waals surface area contributed by atoms with E-state index >= 15 is 0 Å². The summed E-state index contributed by atoms with van der Waals surface area (Å²) >= 11 is 0. The van der Waals surface area contributed by atoms with Crippen LogP contribution < -0.4 is 41.8 Å². The first-order chi connectivity index (χ1) is 31.1. The normalized spacial score (nSPS) is 15.2. The number of amides is 1. The molecule has 0 radical (unpaired) electrons. The quantitative estimate of drug-likeness (QED) is 0.0842. The molecule has 1 unspecified atom stereocenters. The Kier molecular flexibility index (Phi) is 12.4. The Labute approximate surface area is 377 Å². The molecule has 18 nitrogen and oxygen atoms in total. The Balaban J connectivity index is 1.06. The zero-order chi connectivity index (χ0) is 46.0. The van der Waals surface area contributed by atoms with E-state index in [1.54, 1.807) is 36.4 Å². The van der Waals surface area contributed by atoms with Crippen LogP contribution in [0, 0.1) is 5.41 Å². The van der Waals surface area contributed by atoms with Gasteiger partial charge in [0.25, 0.3) is 0 Å². The van der Waals surface area contributed by atoms with Gasteiger partial charge in [-0.15, -0.1) is 30.6 Å². The molecule has 0 aliphatic carbocycles. The van der Waals surface area contributed by atoms with Gasteiger partial charge in [-0.3, -0.25) is 9.69 Å². The molecule has 0 bridgehead atoms. The summed E-state index contributed by atoms with van der Waals surface area (Å²) in [6.45, 7) is 11.5. The molecule has 0 spiro atoms. The molecule has 2 aliphatic rings. The largest absolute Gasteiger partial charge is 0.507 e. The Bertz CT molecular complexity index is 2700. The van der Waals surface area contributed by atoms with Crippen LogP contribution in [-0.2, 0) is 11.3 Å². The average Bonchev–Trinajstić information content (AvgIpc) is 3.28. The van der Waals surface area contributed by atoms with Crippen molar-refractivity contribution in [2.24, 2.45) is 5.41 Å². The molecule has 3 aromatic heterocycles. The van der Waals surface area contributed by atoms with Crippen molar-refractivity contribution in [2.75, 3.05) is 66.8 Å². The Morgan fingerprint density at radius 1 is 0.738 bits per heavy atom. The van der Waals surface area contributed by atoms with Crippen molar-refractivity contribution in [1.82, 2.24) is 40.8 Å². The maximum absolute atomic E-state index is 12.3. The minimum atomic E-state index is -0.193. The van der Waals surface area contributed by atoms with Crippen LogP contribution in [0.5, 0.6) is 28.7 Å². The first kappa shape index (κ1) is 44.1. The maximum atomic E-state index is 12.3. The number of benzene rings is 3. The van der Waals surface area contributed by atoms with Gasteiger partial charge in [-0.25, -0.2) is 0 Å². The zero-order valence-electron chi connectivity index (χ0n) is 37.2. The van der Waals surface area contributed by atoms with Gasteiger partial charge in [0.05, 0.1) is 29.3 Å². The van der Waals surface area contributed by atoms with Gasteiger partial charge in [-0.05, 0) is 92.4 Å². The van der Waals surface area contributed by atoms with E-state index < -0.39 is 0 Å². The number of aromatic nitrogens is 6. The van der Waals surface area contributed by atoms with Crippen LogP contribution in [0.25, 0.3) is 33.8 Å². The third-order valence-electron chi connectivity index (χ3n) is 12.1. The Hall–Kier alpha value is -7.47. The van der Waals surface area contributed by atoms with Crippen LogP contribution in [0.1, 0.15) is 46.1 Å². The van der Waals surface area contributed by atoms with Crippen LogP contribution in [0.4, 0.5) is 28.8 Å². The van der Waals surface area contributed by atoms with E-state index in [2.05, 4.69) is 73.5 Å². The Morgan fingerprint density at radius 3 is 2.05 bits per heavy atom. The summed E-state index contributed by atoms with van der Waals surface area (Å²) in [5.74, 6) is 1.93. The number of anilines is 5. The molecule has 1 amide bonds. The molecule has 2 saturated heterocycles. The Morgan fingerprint density at radius 2 is 1.37 bits per heavy atom. The van der Waals surface area contributed by atoms with Crippen molar-refractivity contribution in [3.63, 3.8) is 0 Å². The fourth-order valence-corrected chi connectivity index (χ4v) is 7.90. The number of aromatic hydroxyl groups is 2. The van der Waals surface area contributed by atoms with Crippen molar-refractivity contribution in [2.45, 2.75) is 59.2 Å². The van der Waals surface area contributed by atoms with Crippen molar-refractivity contribution in [3.8, 4) is 62.5 Å². The number of nitrogen functional groups attached to an aromatic ring is 3. The molecule has 338 valence electrons. The highest BCUT2D eigenvalue weighted by atomic mass is 16.5. The van der Waals surface area contributed by atoms with Crippen LogP contribution in [0.2, 0.25) is 0 Å². The van der Waals surface area contributed by atoms with Gasteiger partial charge in [0.1, 0.15) is 34.8 Å². The summed E-state index contributed by atoms with van der Waals surface area (Å²) in [7, 11) is 2.11. The highest BCUT2D eigenvalue weighted by molar-refractivity contribution is 5.85. The number of phenols is 2. The fraction of sp³-hybridized carbons (Fsp3) is 0.340. The molecule has 65 heavy (non-hydrogen) atoms. The van der Waals surface area contributed by atoms with E-state index in [1.165, 1.54) is 6.07 Å². The molecular weight excluding hydrogens is 827 g/mol. The van der Waals surface area contributed by atoms with Crippen molar-refractivity contribution in [3.05, 3.63) is 84.4 Å². The number of nitrogens with zero attached hydrogens (tertiary/aromatic N) is 9. The number of nitrogens with one attached hydrogen (secondary N) is 1. The molecule has 1 atom stereocenters. The lowest BCUT2D eigenvalue weighted by molar-refractivity contribution is -0.120. The summed E-state index contributed by atoms with van der Waals surface area (Å²) in [5, 5.41) is 50.1. The van der Waals surface area contributed by atoms with Gasteiger partial charge in [-0.2, -0.15) is 0 Å². The lowest BCUT2D eigenvalue weighted by atomic mass is 9.90. The lowest BCUT2D eigenvalue weighted by Crippen LogP contribution is -2.48. The molecule has 8 rings (SSSR count). The second kappa shape index (κ2) is 18.3. The van der Waals surface area contributed by atoms with Gasteiger partial charge in [0.2, 0.25) is 5.91 Å². The maximum Gasteiger partial charge on any atom is 0.239 e. The first-order valence-corrected chi connectivity index (χ1v) is 21.6. The third kappa shape index (κ3) is 9.87. The van der Waals surface area contributed by atoms with Crippen molar-refractivity contribution < 1.29 is 24.5 Å². The molecule has 9 N–H and O–H groups in total. The molecule has 2 aliphatic heterocycles. The van der Waals surface area contributed by atoms with Gasteiger partial charge in [-0.1, -0.05) is 39.0 Å². The van der Waals surface area contributed by atoms with Crippen LogP contribution in [-0.4, -0.2) is 104 Å². The molecule has 2 fully saturated rings. The predicted octanol–water partition coefficient (Wildman–Crippen LogP) is 5.86. The number of carbonyl (C=O) groups is 1. The number of piperidine rings is 1. The summed E-state index contributed by atoms with van der Waals surface area (Å²) in [5.41, 5.74) is 24.1. The van der Waals surface area contributed by atoms with Gasteiger partial charge >= 0.3 is 0 Å².